The van der Waals surface area contributed by atoms with Crippen LogP contribution in [-0.2, 0) is 11.2 Å². The third-order valence-corrected chi connectivity index (χ3v) is 5.04. The van der Waals surface area contributed by atoms with Crippen molar-refractivity contribution in [2.24, 2.45) is 5.92 Å². The zero-order valence-electron chi connectivity index (χ0n) is 12.4. The third-order valence-electron chi connectivity index (χ3n) is 5.04. The zero-order valence-corrected chi connectivity index (χ0v) is 12.4. The third kappa shape index (κ3) is 3.27. The zero-order chi connectivity index (χ0) is 14.7. The minimum absolute atomic E-state index is 0.121. The highest BCUT2D eigenvalue weighted by Gasteiger charge is 2.45. The predicted molar refractivity (Wildman–Crippen MR) is 82.3 cm³/mol. The number of hydrogen-bond acceptors (Lipinski definition) is 3. The van der Waals surface area contributed by atoms with Gasteiger partial charge in [0.15, 0.2) is 0 Å². The molecule has 0 saturated carbocycles. The largest absolute Gasteiger partial charge is 0.481 e. The first-order chi connectivity index (χ1) is 10.2. The Kier molecular flexibility index (Phi) is 4.27. The molecule has 2 aliphatic rings. The highest BCUT2D eigenvalue weighted by atomic mass is 16.4. The Morgan fingerprint density at radius 3 is 2.43 bits per heavy atom. The second kappa shape index (κ2) is 6.16. The van der Waals surface area contributed by atoms with E-state index in [1.54, 1.807) is 0 Å². The lowest BCUT2D eigenvalue weighted by Crippen LogP contribution is -2.70. The summed E-state index contributed by atoms with van der Waals surface area (Å²) >= 11 is 0. The fraction of sp³-hybridized carbons (Fsp3) is 0.588. The van der Waals surface area contributed by atoms with Crippen molar-refractivity contribution in [2.45, 2.75) is 31.2 Å². The van der Waals surface area contributed by atoms with Crippen molar-refractivity contribution >= 4 is 5.97 Å². The van der Waals surface area contributed by atoms with Gasteiger partial charge in [-0.1, -0.05) is 30.3 Å². The molecule has 4 heteroatoms. The molecule has 21 heavy (non-hydrogen) atoms. The molecular formula is C17H24N2O2. The molecule has 2 N–H and O–H groups in total. The van der Waals surface area contributed by atoms with Crippen LogP contribution in [0.2, 0.25) is 0 Å². The summed E-state index contributed by atoms with van der Waals surface area (Å²) in [6.45, 7) is 3.71. The molecule has 0 aliphatic carbocycles. The predicted octanol–water partition coefficient (Wildman–Crippen LogP) is 1.76. The van der Waals surface area contributed by atoms with Gasteiger partial charge >= 0.3 is 5.97 Å². The molecular weight excluding hydrogens is 264 g/mol. The van der Waals surface area contributed by atoms with Gasteiger partial charge in [0.1, 0.15) is 0 Å². The molecule has 114 valence electrons. The summed E-state index contributed by atoms with van der Waals surface area (Å²) in [5.41, 5.74) is 1.30. The smallest absolute Gasteiger partial charge is 0.305 e. The van der Waals surface area contributed by atoms with E-state index in [9.17, 15) is 4.79 Å². The number of carboxylic acids is 1. The number of nitrogens with one attached hydrogen (secondary N) is 1. The van der Waals surface area contributed by atoms with Crippen LogP contribution in [0.5, 0.6) is 0 Å². The van der Waals surface area contributed by atoms with Crippen molar-refractivity contribution in [2.75, 3.05) is 26.2 Å². The maximum atomic E-state index is 11.1. The standard InChI is InChI=1S/C17H24N2O2/c20-16(21)11-17(12-18-13-17)19-8-6-15(7-9-19)10-14-4-2-1-3-5-14/h1-5,15,18H,6-13H2,(H,20,21). The van der Waals surface area contributed by atoms with Crippen LogP contribution in [0.3, 0.4) is 0 Å². The van der Waals surface area contributed by atoms with E-state index in [0.29, 0.717) is 0 Å². The van der Waals surface area contributed by atoms with Crippen LogP contribution in [0.4, 0.5) is 0 Å². The van der Waals surface area contributed by atoms with E-state index in [0.717, 1.165) is 38.5 Å². The minimum atomic E-state index is -0.678. The number of likely N-dealkylation sites (tertiary alicyclic amines) is 1. The maximum Gasteiger partial charge on any atom is 0.305 e. The molecule has 1 aromatic carbocycles. The number of hydrogen-bond donors (Lipinski definition) is 2. The monoisotopic (exact) mass is 288 g/mol. The quantitative estimate of drug-likeness (QED) is 0.867. The lowest BCUT2D eigenvalue weighted by molar-refractivity contribution is -0.142. The summed E-state index contributed by atoms with van der Waals surface area (Å²) in [7, 11) is 0. The Morgan fingerprint density at radius 2 is 1.90 bits per heavy atom. The Labute approximate surface area is 126 Å². The number of aliphatic carboxylic acids is 1. The average Bonchev–Trinajstić information content (AvgIpc) is 2.45. The van der Waals surface area contributed by atoms with Gasteiger partial charge in [-0.05, 0) is 43.8 Å². The van der Waals surface area contributed by atoms with Crippen molar-refractivity contribution in [1.82, 2.24) is 10.2 Å². The lowest BCUT2D eigenvalue weighted by atomic mass is 9.82. The van der Waals surface area contributed by atoms with Crippen LogP contribution in [0.25, 0.3) is 0 Å². The first-order valence-electron chi connectivity index (χ1n) is 7.89. The van der Waals surface area contributed by atoms with Crippen molar-refractivity contribution in [3.05, 3.63) is 35.9 Å². The molecule has 2 heterocycles. The van der Waals surface area contributed by atoms with Crippen LogP contribution in [0, 0.1) is 5.92 Å². The van der Waals surface area contributed by atoms with Crippen LogP contribution in [0.1, 0.15) is 24.8 Å². The Morgan fingerprint density at radius 1 is 1.24 bits per heavy atom. The van der Waals surface area contributed by atoms with Gasteiger partial charge in [-0.15, -0.1) is 0 Å². The van der Waals surface area contributed by atoms with Gasteiger partial charge < -0.3 is 10.4 Å². The fourth-order valence-corrected chi connectivity index (χ4v) is 3.71. The molecule has 0 atom stereocenters. The topological polar surface area (TPSA) is 52.6 Å². The van der Waals surface area contributed by atoms with Crippen LogP contribution in [-0.4, -0.2) is 47.7 Å². The molecule has 0 radical (unpaired) electrons. The summed E-state index contributed by atoms with van der Waals surface area (Å²) in [4.78, 5) is 13.5. The van der Waals surface area contributed by atoms with Gasteiger partial charge in [0.05, 0.1) is 12.0 Å². The maximum absolute atomic E-state index is 11.1. The Hall–Kier alpha value is -1.39. The molecule has 2 aliphatic heterocycles. The van der Waals surface area contributed by atoms with Crippen molar-refractivity contribution in [3.8, 4) is 0 Å². The Balaban J connectivity index is 1.54. The van der Waals surface area contributed by atoms with Crippen molar-refractivity contribution in [1.29, 1.82) is 0 Å². The molecule has 0 amide bonds. The number of benzene rings is 1. The normalized spacial score (nSPS) is 22.7. The molecule has 3 rings (SSSR count). The van der Waals surface area contributed by atoms with Gasteiger partial charge in [0.25, 0.3) is 0 Å². The van der Waals surface area contributed by atoms with Gasteiger partial charge in [-0.2, -0.15) is 0 Å². The van der Waals surface area contributed by atoms with E-state index in [2.05, 4.69) is 40.5 Å². The molecule has 2 fully saturated rings. The summed E-state index contributed by atoms with van der Waals surface area (Å²) in [6, 6.07) is 10.7. The van der Waals surface area contributed by atoms with E-state index in [-0.39, 0.29) is 12.0 Å². The van der Waals surface area contributed by atoms with E-state index in [1.165, 1.54) is 18.4 Å². The lowest BCUT2D eigenvalue weighted by Gasteiger charge is -2.52. The average molecular weight is 288 g/mol. The van der Waals surface area contributed by atoms with E-state index >= 15 is 0 Å². The van der Waals surface area contributed by atoms with E-state index in [1.807, 2.05) is 0 Å². The van der Waals surface area contributed by atoms with Crippen molar-refractivity contribution < 1.29 is 9.90 Å². The minimum Gasteiger partial charge on any atom is -0.481 e. The fourth-order valence-electron chi connectivity index (χ4n) is 3.71. The molecule has 0 bridgehead atoms. The van der Waals surface area contributed by atoms with E-state index in [4.69, 9.17) is 5.11 Å². The summed E-state index contributed by atoms with van der Waals surface area (Å²) in [6.07, 6.45) is 3.77. The highest BCUT2D eigenvalue weighted by molar-refractivity contribution is 5.68. The second-order valence-corrected chi connectivity index (χ2v) is 6.52. The molecule has 0 unspecified atom stereocenters. The summed E-state index contributed by atoms with van der Waals surface area (Å²) in [5.74, 6) is 0.0569. The first-order valence-corrected chi connectivity index (χ1v) is 7.89. The van der Waals surface area contributed by atoms with Gasteiger partial charge in [-0.3, -0.25) is 9.69 Å². The highest BCUT2D eigenvalue weighted by Crippen LogP contribution is 2.31. The first kappa shape index (κ1) is 14.5. The molecule has 0 aromatic heterocycles. The SMILES string of the molecule is O=C(O)CC1(N2CCC(Cc3ccccc3)CC2)CNC1. The van der Waals surface area contributed by atoms with Gasteiger partial charge in [-0.25, -0.2) is 0 Å². The van der Waals surface area contributed by atoms with Crippen LogP contribution < -0.4 is 5.32 Å². The number of carbonyl (C=O) groups is 1. The summed E-state index contributed by atoms with van der Waals surface area (Å²) in [5, 5.41) is 12.4. The van der Waals surface area contributed by atoms with Crippen LogP contribution >= 0.6 is 0 Å². The van der Waals surface area contributed by atoms with Gasteiger partial charge in [0.2, 0.25) is 0 Å². The second-order valence-electron chi connectivity index (χ2n) is 6.52. The molecule has 4 nitrogen and oxygen atoms in total. The number of nitrogens with zero attached hydrogens (tertiary/aromatic N) is 1. The van der Waals surface area contributed by atoms with Crippen molar-refractivity contribution in [3.63, 3.8) is 0 Å². The number of carboxylic acid groups (broad SMARTS) is 1. The Bertz CT molecular complexity index is 477. The molecule has 2 saturated heterocycles. The summed E-state index contributed by atoms with van der Waals surface area (Å²) < 4.78 is 0. The van der Waals surface area contributed by atoms with Crippen LogP contribution in [0.15, 0.2) is 30.3 Å². The number of rotatable bonds is 5. The molecule has 1 aromatic rings. The van der Waals surface area contributed by atoms with E-state index < -0.39 is 5.97 Å². The molecule has 0 spiro atoms. The van der Waals surface area contributed by atoms with Gasteiger partial charge in [0, 0.05) is 13.1 Å². The number of piperidine rings is 1.